The van der Waals surface area contributed by atoms with E-state index in [4.69, 9.17) is 0 Å². The first-order valence-electron chi connectivity index (χ1n) is 6.31. The highest BCUT2D eigenvalue weighted by atomic mass is 16.1. The van der Waals surface area contributed by atoms with Gasteiger partial charge in [-0.3, -0.25) is 9.78 Å². The van der Waals surface area contributed by atoms with Crippen molar-refractivity contribution in [1.29, 1.82) is 0 Å². The first-order valence-corrected chi connectivity index (χ1v) is 6.31. The average Bonchev–Trinajstić information content (AvgIpc) is 2.38. The molecular weight excluding hydrogens is 230 g/mol. The van der Waals surface area contributed by atoms with Crippen molar-refractivity contribution in [1.82, 2.24) is 15.2 Å². The average molecular weight is 251 g/mol. The molecule has 1 aromatic heterocycles. The van der Waals surface area contributed by atoms with Gasteiger partial charge in [0, 0.05) is 5.71 Å². The number of nitrogens with zero attached hydrogens (tertiary/aromatic N) is 3. The number of hydrazone groups is 1. The molecule has 0 spiro atoms. The molecule has 2 N–H and O–H groups in total. The number of anilines is 1. The summed E-state index contributed by atoms with van der Waals surface area (Å²) in [6.07, 6.45) is 2.95. The van der Waals surface area contributed by atoms with E-state index in [2.05, 4.69) is 46.5 Å². The zero-order chi connectivity index (χ0) is 13.5. The van der Waals surface area contributed by atoms with Gasteiger partial charge in [0.05, 0.1) is 0 Å². The normalized spacial score (nSPS) is 13.4. The molecule has 0 amide bonds. The number of aromatic amines is 1. The molecule has 1 atom stereocenters. The maximum atomic E-state index is 11.3. The molecular formula is C12H21N5O. The monoisotopic (exact) mass is 251 g/mol. The van der Waals surface area contributed by atoms with Gasteiger partial charge >= 0.3 is 0 Å². The van der Waals surface area contributed by atoms with Crippen LogP contribution in [0.4, 0.5) is 5.95 Å². The number of hydrogen-bond acceptors (Lipinski definition) is 5. The Hall–Kier alpha value is -1.72. The van der Waals surface area contributed by atoms with Crippen LogP contribution in [0, 0.1) is 12.8 Å². The van der Waals surface area contributed by atoms with Crippen LogP contribution < -0.4 is 11.0 Å². The molecule has 0 unspecified atom stereocenters. The molecule has 0 aliphatic rings. The lowest BCUT2D eigenvalue weighted by Crippen LogP contribution is -2.16. The van der Waals surface area contributed by atoms with Crippen LogP contribution in [0.2, 0.25) is 0 Å². The Labute approximate surface area is 107 Å². The van der Waals surface area contributed by atoms with Crippen LogP contribution in [0.15, 0.2) is 9.90 Å². The van der Waals surface area contributed by atoms with E-state index in [1.165, 1.54) is 0 Å². The third-order valence-electron chi connectivity index (χ3n) is 2.87. The molecule has 6 heteroatoms. The summed E-state index contributed by atoms with van der Waals surface area (Å²) in [7, 11) is 0. The molecule has 0 aromatic carbocycles. The summed E-state index contributed by atoms with van der Waals surface area (Å²) in [5.41, 5.74) is 3.91. The van der Waals surface area contributed by atoms with Gasteiger partial charge in [-0.05, 0) is 25.7 Å². The number of hydrogen-bond donors (Lipinski definition) is 2. The molecule has 100 valence electrons. The molecule has 1 rings (SSSR count). The van der Waals surface area contributed by atoms with Gasteiger partial charge in [-0.1, -0.05) is 27.2 Å². The highest BCUT2D eigenvalue weighted by Gasteiger charge is 2.04. The second-order valence-electron chi connectivity index (χ2n) is 4.45. The summed E-state index contributed by atoms with van der Waals surface area (Å²) in [4.78, 5) is 13.9. The third kappa shape index (κ3) is 4.27. The molecule has 0 saturated heterocycles. The van der Waals surface area contributed by atoms with Gasteiger partial charge in [0.1, 0.15) is 5.69 Å². The van der Waals surface area contributed by atoms with Gasteiger partial charge in [-0.2, -0.15) is 5.10 Å². The van der Waals surface area contributed by atoms with Gasteiger partial charge in [0.15, 0.2) is 0 Å². The molecule has 0 saturated carbocycles. The number of H-pyrrole nitrogens is 1. The lowest BCUT2D eigenvalue weighted by molar-refractivity contribution is 0.583. The largest absolute Gasteiger partial charge is 0.288 e. The van der Waals surface area contributed by atoms with Crippen molar-refractivity contribution in [3.05, 3.63) is 16.0 Å². The van der Waals surface area contributed by atoms with Crippen LogP contribution in [0.1, 0.15) is 45.7 Å². The van der Waals surface area contributed by atoms with Gasteiger partial charge in [0.2, 0.25) is 5.95 Å². The van der Waals surface area contributed by atoms with Crippen molar-refractivity contribution in [2.24, 2.45) is 11.0 Å². The maximum Gasteiger partial charge on any atom is 0.274 e. The summed E-state index contributed by atoms with van der Waals surface area (Å²) in [6, 6.07) is 0. The Morgan fingerprint density at radius 3 is 2.72 bits per heavy atom. The summed E-state index contributed by atoms with van der Waals surface area (Å²) < 4.78 is 0. The molecule has 0 aliphatic heterocycles. The first kappa shape index (κ1) is 14.3. The predicted octanol–water partition coefficient (Wildman–Crippen LogP) is 2.09. The summed E-state index contributed by atoms with van der Waals surface area (Å²) in [6.45, 7) is 8.03. The first-order chi connectivity index (χ1) is 8.56. The van der Waals surface area contributed by atoms with Crippen molar-refractivity contribution < 1.29 is 0 Å². The van der Waals surface area contributed by atoms with Crippen molar-refractivity contribution in [2.45, 2.75) is 47.0 Å². The van der Waals surface area contributed by atoms with Crippen molar-refractivity contribution >= 4 is 11.7 Å². The topological polar surface area (TPSA) is 83.0 Å². The zero-order valence-corrected chi connectivity index (χ0v) is 11.4. The summed E-state index contributed by atoms with van der Waals surface area (Å²) in [5, 5.41) is 11.8. The molecule has 0 fully saturated rings. The Morgan fingerprint density at radius 1 is 1.44 bits per heavy atom. The zero-order valence-electron chi connectivity index (χ0n) is 11.4. The molecule has 18 heavy (non-hydrogen) atoms. The standard InChI is InChI=1S/C12H21N5O/c1-5-8(3)7-10(6-2)15-17-12-13-11(18)9(4)14-16-12/h8H,5-7H2,1-4H3,(H2,13,16,17,18)/t8-/m1/s1. The second kappa shape index (κ2) is 6.88. The molecule has 6 nitrogen and oxygen atoms in total. The van der Waals surface area contributed by atoms with E-state index in [1.54, 1.807) is 6.92 Å². The van der Waals surface area contributed by atoms with Crippen LogP contribution in [-0.2, 0) is 0 Å². The lowest BCUT2D eigenvalue weighted by atomic mass is 10.0. The van der Waals surface area contributed by atoms with Crippen LogP contribution >= 0.6 is 0 Å². The maximum absolute atomic E-state index is 11.3. The fourth-order valence-electron chi connectivity index (χ4n) is 1.39. The number of nitrogens with one attached hydrogen (secondary N) is 2. The summed E-state index contributed by atoms with van der Waals surface area (Å²) >= 11 is 0. The number of rotatable bonds is 6. The van der Waals surface area contributed by atoms with Crippen LogP contribution in [0.25, 0.3) is 0 Å². The Bertz CT molecular complexity index is 466. The number of aromatic nitrogens is 3. The lowest BCUT2D eigenvalue weighted by Gasteiger charge is -2.09. The van der Waals surface area contributed by atoms with E-state index < -0.39 is 0 Å². The molecule has 1 heterocycles. The Morgan fingerprint density at radius 2 is 2.17 bits per heavy atom. The van der Waals surface area contributed by atoms with E-state index >= 15 is 0 Å². The number of aryl methyl sites for hydroxylation is 1. The van der Waals surface area contributed by atoms with Crippen molar-refractivity contribution in [2.75, 3.05) is 5.43 Å². The fourth-order valence-corrected chi connectivity index (χ4v) is 1.39. The van der Waals surface area contributed by atoms with Crippen LogP contribution in [-0.4, -0.2) is 20.9 Å². The Balaban J connectivity index is 2.70. The van der Waals surface area contributed by atoms with Gasteiger partial charge in [0.25, 0.3) is 5.56 Å². The summed E-state index contributed by atoms with van der Waals surface area (Å²) in [5.74, 6) is 0.884. The van der Waals surface area contributed by atoms with Crippen molar-refractivity contribution in [3.8, 4) is 0 Å². The minimum atomic E-state index is -0.248. The van der Waals surface area contributed by atoms with E-state index in [0.717, 1.165) is 25.0 Å². The van der Waals surface area contributed by atoms with E-state index in [0.29, 0.717) is 11.6 Å². The van der Waals surface area contributed by atoms with E-state index in [1.807, 2.05) is 0 Å². The minimum absolute atomic E-state index is 0.248. The van der Waals surface area contributed by atoms with Crippen molar-refractivity contribution in [3.63, 3.8) is 0 Å². The SMILES string of the molecule is CCC(C[C@H](C)CC)=NNc1nnc(C)c(=O)[nH]1. The van der Waals surface area contributed by atoms with Gasteiger partial charge < -0.3 is 0 Å². The van der Waals surface area contributed by atoms with Gasteiger partial charge in [-0.25, -0.2) is 5.43 Å². The second-order valence-corrected chi connectivity index (χ2v) is 4.45. The van der Waals surface area contributed by atoms with Gasteiger partial charge in [-0.15, -0.1) is 10.2 Å². The molecule has 0 radical (unpaired) electrons. The van der Waals surface area contributed by atoms with Crippen LogP contribution in [0.5, 0.6) is 0 Å². The molecule has 0 aliphatic carbocycles. The predicted molar refractivity (Wildman–Crippen MR) is 72.8 cm³/mol. The molecule has 1 aromatic rings. The molecule has 0 bridgehead atoms. The highest BCUT2D eigenvalue weighted by molar-refractivity contribution is 5.84. The quantitative estimate of drug-likeness (QED) is 0.599. The highest BCUT2D eigenvalue weighted by Crippen LogP contribution is 2.09. The Kier molecular flexibility index (Phi) is 5.48. The smallest absolute Gasteiger partial charge is 0.274 e. The van der Waals surface area contributed by atoms with E-state index in [9.17, 15) is 4.79 Å². The fraction of sp³-hybridized carbons (Fsp3) is 0.667. The minimum Gasteiger partial charge on any atom is -0.288 e. The third-order valence-corrected chi connectivity index (χ3v) is 2.87. The van der Waals surface area contributed by atoms with E-state index in [-0.39, 0.29) is 11.5 Å². The van der Waals surface area contributed by atoms with Crippen LogP contribution in [0.3, 0.4) is 0 Å².